The number of esters is 1. The smallest absolute Gasteiger partial charge is 0.302 e. The molecule has 4 rings (SSSR count). The minimum absolute atomic E-state index is 0.208. The van der Waals surface area contributed by atoms with Gasteiger partial charge >= 0.3 is 5.97 Å². The van der Waals surface area contributed by atoms with Gasteiger partial charge in [-0.1, -0.05) is 42.8 Å². The van der Waals surface area contributed by atoms with E-state index in [1.807, 2.05) is 68.4 Å². The Labute approximate surface area is 204 Å². The predicted molar refractivity (Wildman–Crippen MR) is 136 cm³/mol. The minimum Gasteiger partial charge on any atom is -0.460 e. The number of aromatic nitrogens is 2. The Morgan fingerprint density at radius 3 is 2.65 bits per heavy atom. The number of fused-ring (bicyclic) bond motifs is 1. The molecule has 34 heavy (non-hydrogen) atoms. The fraction of sp³-hybridized carbons (Fsp3) is 0.346. The van der Waals surface area contributed by atoms with Crippen molar-refractivity contribution in [2.75, 3.05) is 24.3 Å². The first kappa shape index (κ1) is 23.8. The Kier molecular flexibility index (Phi) is 6.66. The highest BCUT2D eigenvalue weighted by molar-refractivity contribution is 6.33. The van der Waals surface area contributed by atoms with Crippen LogP contribution in [0.3, 0.4) is 0 Å². The molecule has 0 fully saturated rings. The quantitative estimate of drug-likeness (QED) is 0.528. The third-order valence-electron chi connectivity index (χ3n) is 6.21. The highest BCUT2D eigenvalue weighted by Gasteiger charge is 2.35. The molecule has 2 aromatic carbocycles. The number of hydrogen-bond donors (Lipinski definition) is 1. The second-order valence-electron chi connectivity index (χ2n) is 8.71. The predicted octanol–water partition coefficient (Wildman–Crippen LogP) is 4.37. The lowest BCUT2D eigenvalue weighted by Gasteiger charge is -2.24. The van der Waals surface area contributed by atoms with E-state index < -0.39 is 6.10 Å². The maximum Gasteiger partial charge on any atom is 0.302 e. The molecule has 1 N–H and O–H groups in total. The molecule has 1 aliphatic rings. The standard InChI is InChI=1S/C26H29ClN4O3/c1-6-21-24(29-23-18-10-8-7-9-16(18)13-22(23)34-15(2)32)26(33)31(5)25(28-21)19-12-11-17(30(3)4)14-20(19)27/h7-12,14,22-23,29H,6,13H2,1-5H3/t22-,23?/m0/s1. The van der Waals surface area contributed by atoms with Gasteiger partial charge in [-0.15, -0.1) is 0 Å². The van der Waals surface area contributed by atoms with Gasteiger partial charge in [-0.25, -0.2) is 4.98 Å². The third kappa shape index (κ3) is 4.40. The molecule has 0 saturated carbocycles. The van der Waals surface area contributed by atoms with E-state index in [2.05, 4.69) is 5.32 Å². The largest absolute Gasteiger partial charge is 0.460 e. The number of rotatable bonds is 6. The van der Waals surface area contributed by atoms with Gasteiger partial charge in [0.05, 0.1) is 16.8 Å². The molecule has 1 aromatic heterocycles. The zero-order valence-electron chi connectivity index (χ0n) is 20.1. The van der Waals surface area contributed by atoms with Crippen LogP contribution >= 0.6 is 11.6 Å². The first-order valence-corrected chi connectivity index (χ1v) is 11.7. The van der Waals surface area contributed by atoms with E-state index in [0.717, 1.165) is 16.8 Å². The van der Waals surface area contributed by atoms with Crippen molar-refractivity contribution < 1.29 is 9.53 Å². The number of hydrogen-bond acceptors (Lipinski definition) is 6. The highest BCUT2D eigenvalue weighted by Crippen LogP contribution is 2.36. The lowest BCUT2D eigenvalue weighted by atomic mass is 10.1. The summed E-state index contributed by atoms with van der Waals surface area (Å²) in [4.78, 5) is 32.1. The molecule has 3 aromatic rings. The number of nitrogens with zero attached hydrogens (tertiary/aromatic N) is 3. The van der Waals surface area contributed by atoms with E-state index in [1.54, 1.807) is 7.05 Å². The average Bonchev–Trinajstić information content (AvgIpc) is 3.13. The molecule has 0 saturated heterocycles. The second-order valence-corrected chi connectivity index (χ2v) is 9.11. The zero-order chi connectivity index (χ0) is 24.6. The van der Waals surface area contributed by atoms with Gasteiger partial charge in [-0.05, 0) is 35.7 Å². The van der Waals surface area contributed by atoms with Crippen molar-refractivity contribution in [3.8, 4) is 11.4 Å². The summed E-state index contributed by atoms with van der Waals surface area (Å²) < 4.78 is 7.12. The Balaban J connectivity index is 1.77. The summed E-state index contributed by atoms with van der Waals surface area (Å²) >= 11 is 6.58. The van der Waals surface area contributed by atoms with E-state index in [4.69, 9.17) is 21.3 Å². The third-order valence-corrected chi connectivity index (χ3v) is 6.52. The Hall–Kier alpha value is -3.32. The zero-order valence-corrected chi connectivity index (χ0v) is 20.8. The number of halogens is 1. The van der Waals surface area contributed by atoms with Crippen LogP contribution < -0.4 is 15.8 Å². The molecule has 0 spiro atoms. The van der Waals surface area contributed by atoms with E-state index in [1.165, 1.54) is 11.5 Å². The minimum atomic E-state index is -0.406. The molecular weight excluding hydrogens is 452 g/mol. The lowest BCUT2D eigenvalue weighted by Crippen LogP contribution is -2.32. The second kappa shape index (κ2) is 9.50. The fourth-order valence-corrected chi connectivity index (χ4v) is 4.72. The lowest BCUT2D eigenvalue weighted by molar-refractivity contribution is -0.146. The summed E-state index contributed by atoms with van der Waals surface area (Å²) in [6, 6.07) is 13.3. The van der Waals surface area contributed by atoms with Crippen LogP contribution in [0.4, 0.5) is 11.4 Å². The number of anilines is 2. The molecule has 178 valence electrons. The molecule has 1 unspecified atom stereocenters. The van der Waals surface area contributed by atoms with Crippen LogP contribution in [0.15, 0.2) is 47.3 Å². The van der Waals surface area contributed by atoms with Gasteiger partial charge in [-0.2, -0.15) is 0 Å². The SMILES string of the molecule is CCc1nc(-c2ccc(N(C)C)cc2Cl)n(C)c(=O)c1NC1c2ccccc2C[C@@H]1OC(C)=O. The van der Waals surface area contributed by atoms with Crippen LogP contribution in [0.2, 0.25) is 5.02 Å². The Morgan fingerprint density at radius 1 is 1.26 bits per heavy atom. The number of ether oxygens (including phenoxy) is 1. The highest BCUT2D eigenvalue weighted by atomic mass is 35.5. The molecule has 0 bridgehead atoms. The van der Waals surface area contributed by atoms with Crippen LogP contribution in [0.5, 0.6) is 0 Å². The van der Waals surface area contributed by atoms with E-state index in [0.29, 0.717) is 40.6 Å². The van der Waals surface area contributed by atoms with Crippen molar-refractivity contribution >= 4 is 28.9 Å². The Morgan fingerprint density at radius 2 is 2.00 bits per heavy atom. The van der Waals surface area contributed by atoms with Crippen molar-refractivity contribution in [2.24, 2.45) is 7.05 Å². The van der Waals surface area contributed by atoms with Crippen LogP contribution in [0.25, 0.3) is 11.4 Å². The summed E-state index contributed by atoms with van der Waals surface area (Å²) in [5.41, 5.74) is 4.61. The van der Waals surface area contributed by atoms with Gasteiger partial charge in [0, 0.05) is 45.7 Å². The van der Waals surface area contributed by atoms with Gasteiger partial charge in [0.25, 0.3) is 5.56 Å². The van der Waals surface area contributed by atoms with Gasteiger partial charge in [-0.3, -0.25) is 14.2 Å². The topological polar surface area (TPSA) is 76.5 Å². The first-order valence-electron chi connectivity index (χ1n) is 11.3. The van der Waals surface area contributed by atoms with E-state index in [9.17, 15) is 9.59 Å². The van der Waals surface area contributed by atoms with Gasteiger partial charge < -0.3 is 15.0 Å². The van der Waals surface area contributed by atoms with Crippen LogP contribution in [0.1, 0.15) is 36.7 Å². The van der Waals surface area contributed by atoms with Crippen molar-refractivity contribution in [3.63, 3.8) is 0 Å². The molecule has 8 heteroatoms. The first-order chi connectivity index (χ1) is 16.2. The molecule has 0 amide bonds. The van der Waals surface area contributed by atoms with Crippen LogP contribution in [-0.2, 0) is 29.4 Å². The summed E-state index contributed by atoms with van der Waals surface area (Å²) in [5, 5.41) is 3.91. The summed E-state index contributed by atoms with van der Waals surface area (Å²) in [7, 11) is 5.58. The van der Waals surface area contributed by atoms with E-state index >= 15 is 0 Å². The van der Waals surface area contributed by atoms with Crippen LogP contribution in [0, 0.1) is 0 Å². The number of aryl methyl sites for hydroxylation is 1. The monoisotopic (exact) mass is 480 g/mol. The average molecular weight is 481 g/mol. The molecule has 2 atom stereocenters. The normalized spacial score (nSPS) is 16.8. The fourth-order valence-electron chi connectivity index (χ4n) is 4.46. The number of benzene rings is 2. The van der Waals surface area contributed by atoms with Crippen LogP contribution in [-0.4, -0.2) is 35.7 Å². The van der Waals surface area contributed by atoms with Crippen molar-refractivity contribution in [2.45, 2.75) is 38.8 Å². The molecule has 7 nitrogen and oxygen atoms in total. The molecule has 1 aliphatic carbocycles. The molecular formula is C26H29ClN4O3. The van der Waals surface area contributed by atoms with Gasteiger partial charge in [0.15, 0.2) is 0 Å². The summed E-state index contributed by atoms with van der Waals surface area (Å²) in [5.74, 6) is 0.156. The molecule has 0 aliphatic heterocycles. The maximum absolute atomic E-state index is 13.6. The number of nitrogens with one attached hydrogen (secondary N) is 1. The van der Waals surface area contributed by atoms with Crippen molar-refractivity contribution in [3.05, 3.63) is 74.7 Å². The van der Waals surface area contributed by atoms with Crippen molar-refractivity contribution in [1.82, 2.24) is 9.55 Å². The maximum atomic E-state index is 13.6. The molecule has 0 radical (unpaired) electrons. The number of carbonyl (C=O) groups excluding carboxylic acids is 1. The van der Waals surface area contributed by atoms with Crippen molar-refractivity contribution in [1.29, 1.82) is 0 Å². The van der Waals surface area contributed by atoms with Gasteiger partial charge in [0.1, 0.15) is 17.6 Å². The van der Waals surface area contributed by atoms with Gasteiger partial charge in [0.2, 0.25) is 0 Å². The Bertz CT molecular complexity index is 1300. The summed E-state index contributed by atoms with van der Waals surface area (Å²) in [6.07, 6.45) is 0.733. The molecule has 1 heterocycles. The summed E-state index contributed by atoms with van der Waals surface area (Å²) in [6.45, 7) is 3.36. The number of carbonyl (C=O) groups is 1. The van der Waals surface area contributed by atoms with E-state index in [-0.39, 0.29) is 17.6 Å².